The third-order valence-corrected chi connectivity index (χ3v) is 3.03. The molecule has 0 saturated carbocycles. The van der Waals surface area contributed by atoms with Gasteiger partial charge in [0.1, 0.15) is 11.4 Å². The molecular formula is C12H21N3O2. The number of nitrogens with two attached hydrogens (primary N) is 1. The van der Waals surface area contributed by atoms with E-state index in [-0.39, 0.29) is 0 Å². The predicted molar refractivity (Wildman–Crippen MR) is 66.4 cm³/mol. The quantitative estimate of drug-likeness (QED) is 0.820. The molecule has 1 rings (SSSR count). The van der Waals surface area contributed by atoms with Crippen molar-refractivity contribution in [1.29, 1.82) is 0 Å². The molecule has 0 saturated heterocycles. The van der Waals surface area contributed by atoms with Gasteiger partial charge in [0.05, 0.1) is 12.3 Å². The number of methoxy groups -OCH3 is 2. The topological polar surface area (TPSA) is 70.3 Å². The van der Waals surface area contributed by atoms with Crippen LogP contribution in [0.3, 0.4) is 0 Å². The summed E-state index contributed by atoms with van der Waals surface area (Å²) in [5, 5.41) is 0. The largest absolute Gasteiger partial charge is 0.384 e. The Morgan fingerprint density at radius 1 is 1.24 bits per heavy atom. The fourth-order valence-electron chi connectivity index (χ4n) is 1.89. The second-order valence-electron chi connectivity index (χ2n) is 3.95. The average molecular weight is 239 g/mol. The molecular weight excluding hydrogens is 218 g/mol. The van der Waals surface area contributed by atoms with Crippen molar-refractivity contribution in [3.8, 4) is 0 Å². The van der Waals surface area contributed by atoms with Crippen molar-refractivity contribution in [3.05, 3.63) is 17.6 Å². The highest BCUT2D eigenvalue weighted by molar-refractivity contribution is 5.31. The van der Waals surface area contributed by atoms with E-state index < -0.39 is 5.60 Å². The number of rotatable bonds is 6. The standard InChI is InChI=1S/C12H21N3O2/c1-5-12(6-2,17-4)11-14-9(8-16-3)7-10(13)15-11/h7H,5-6,8H2,1-4H3,(H2,13,14,15). The van der Waals surface area contributed by atoms with Crippen LogP contribution in [0.15, 0.2) is 6.07 Å². The van der Waals surface area contributed by atoms with Crippen molar-refractivity contribution in [3.63, 3.8) is 0 Å². The summed E-state index contributed by atoms with van der Waals surface area (Å²) in [6, 6.07) is 1.72. The van der Waals surface area contributed by atoms with Crippen LogP contribution in [0.5, 0.6) is 0 Å². The van der Waals surface area contributed by atoms with E-state index in [9.17, 15) is 0 Å². The lowest BCUT2D eigenvalue weighted by Gasteiger charge is -2.28. The molecule has 0 fully saturated rings. The first-order valence-electron chi connectivity index (χ1n) is 5.79. The maximum absolute atomic E-state index is 5.79. The zero-order chi connectivity index (χ0) is 12.9. The highest BCUT2D eigenvalue weighted by atomic mass is 16.5. The Kier molecular flexibility index (Phi) is 4.84. The molecule has 5 nitrogen and oxygen atoms in total. The Balaban J connectivity index is 3.19. The molecule has 0 spiro atoms. The molecule has 0 aliphatic rings. The molecule has 1 aromatic heterocycles. The molecule has 0 atom stereocenters. The van der Waals surface area contributed by atoms with Crippen LogP contribution in [0.2, 0.25) is 0 Å². The van der Waals surface area contributed by atoms with E-state index in [4.69, 9.17) is 15.2 Å². The van der Waals surface area contributed by atoms with Crippen molar-refractivity contribution < 1.29 is 9.47 Å². The van der Waals surface area contributed by atoms with E-state index in [0.29, 0.717) is 18.2 Å². The minimum Gasteiger partial charge on any atom is -0.384 e. The number of aromatic nitrogens is 2. The molecule has 0 aromatic carbocycles. The van der Waals surface area contributed by atoms with Crippen LogP contribution in [-0.4, -0.2) is 24.2 Å². The van der Waals surface area contributed by atoms with Crippen molar-refractivity contribution in [1.82, 2.24) is 9.97 Å². The number of anilines is 1. The van der Waals surface area contributed by atoms with Gasteiger partial charge < -0.3 is 15.2 Å². The van der Waals surface area contributed by atoms with Crippen LogP contribution >= 0.6 is 0 Å². The van der Waals surface area contributed by atoms with Crippen molar-refractivity contribution in [2.24, 2.45) is 0 Å². The van der Waals surface area contributed by atoms with Gasteiger partial charge in [0.15, 0.2) is 5.82 Å². The van der Waals surface area contributed by atoms with Crippen molar-refractivity contribution in [2.45, 2.75) is 38.9 Å². The lowest BCUT2D eigenvalue weighted by Crippen LogP contribution is -2.30. The van der Waals surface area contributed by atoms with Crippen LogP contribution in [0, 0.1) is 0 Å². The minimum atomic E-state index is -0.460. The SMILES string of the molecule is CCC(CC)(OC)c1nc(N)cc(COC)n1. The first kappa shape index (κ1) is 13.9. The van der Waals surface area contributed by atoms with Gasteiger partial charge >= 0.3 is 0 Å². The summed E-state index contributed by atoms with van der Waals surface area (Å²) in [4.78, 5) is 8.75. The van der Waals surface area contributed by atoms with E-state index >= 15 is 0 Å². The lowest BCUT2D eigenvalue weighted by atomic mass is 9.96. The summed E-state index contributed by atoms with van der Waals surface area (Å²) in [5.74, 6) is 1.09. The van der Waals surface area contributed by atoms with E-state index in [0.717, 1.165) is 18.5 Å². The van der Waals surface area contributed by atoms with Gasteiger partial charge in [-0.2, -0.15) is 0 Å². The van der Waals surface area contributed by atoms with E-state index in [2.05, 4.69) is 23.8 Å². The monoisotopic (exact) mass is 239 g/mol. The summed E-state index contributed by atoms with van der Waals surface area (Å²) < 4.78 is 10.7. The molecule has 0 aliphatic heterocycles. The highest BCUT2D eigenvalue weighted by Crippen LogP contribution is 2.30. The Morgan fingerprint density at radius 3 is 2.35 bits per heavy atom. The molecule has 96 valence electrons. The van der Waals surface area contributed by atoms with Gasteiger partial charge in [-0.25, -0.2) is 9.97 Å². The van der Waals surface area contributed by atoms with Crippen molar-refractivity contribution in [2.75, 3.05) is 20.0 Å². The smallest absolute Gasteiger partial charge is 0.162 e. The fraction of sp³-hybridized carbons (Fsp3) is 0.667. The molecule has 17 heavy (non-hydrogen) atoms. The number of nitrogen functional groups attached to an aromatic ring is 1. The molecule has 0 radical (unpaired) electrons. The molecule has 0 aliphatic carbocycles. The van der Waals surface area contributed by atoms with E-state index in [1.165, 1.54) is 0 Å². The van der Waals surface area contributed by atoms with E-state index in [1.807, 2.05) is 0 Å². The molecule has 2 N–H and O–H groups in total. The number of hydrogen-bond donors (Lipinski definition) is 1. The Bertz CT molecular complexity index is 357. The first-order chi connectivity index (χ1) is 8.11. The van der Waals surface area contributed by atoms with Crippen LogP contribution in [0.1, 0.15) is 38.2 Å². The van der Waals surface area contributed by atoms with Crippen LogP contribution in [0.4, 0.5) is 5.82 Å². The Morgan fingerprint density at radius 2 is 1.88 bits per heavy atom. The normalized spacial score (nSPS) is 11.8. The maximum atomic E-state index is 5.79. The Labute approximate surface area is 102 Å². The average Bonchev–Trinajstić information content (AvgIpc) is 2.32. The molecule has 1 aromatic rings. The number of hydrogen-bond acceptors (Lipinski definition) is 5. The van der Waals surface area contributed by atoms with Gasteiger partial charge in [-0.3, -0.25) is 0 Å². The molecule has 0 unspecified atom stereocenters. The van der Waals surface area contributed by atoms with Gasteiger partial charge in [-0.1, -0.05) is 13.8 Å². The van der Waals surface area contributed by atoms with E-state index in [1.54, 1.807) is 20.3 Å². The van der Waals surface area contributed by atoms with Crippen LogP contribution in [-0.2, 0) is 21.7 Å². The third kappa shape index (κ3) is 2.92. The summed E-state index contributed by atoms with van der Waals surface area (Å²) in [6.45, 7) is 4.53. The first-order valence-corrected chi connectivity index (χ1v) is 5.79. The second kappa shape index (κ2) is 5.93. The zero-order valence-electron chi connectivity index (χ0n) is 11.0. The van der Waals surface area contributed by atoms with Gasteiger partial charge in [0, 0.05) is 20.3 Å². The van der Waals surface area contributed by atoms with Crippen molar-refractivity contribution >= 4 is 5.82 Å². The molecule has 1 heterocycles. The summed E-state index contributed by atoms with van der Waals surface area (Å²) in [6.07, 6.45) is 1.60. The maximum Gasteiger partial charge on any atom is 0.162 e. The lowest BCUT2D eigenvalue weighted by molar-refractivity contribution is -0.0294. The molecule has 0 bridgehead atoms. The zero-order valence-corrected chi connectivity index (χ0v) is 11.0. The summed E-state index contributed by atoms with van der Waals surface area (Å²) in [7, 11) is 3.30. The Hall–Kier alpha value is -1.20. The summed E-state index contributed by atoms with van der Waals surface area (Å²) in [5.41, 5.74) is 6.10. The minimum absolute atomic E-state index is 0.424. The highest BCUT2D eigenvalue weighted by Gasteiger charge is 2.31. The summed E-state index contributed by atoms with van der Waals surface area (Å²) >= 11 is 0. The third-order valence-electron chi connectivity index (χ3n) is 3.03. The number of nitrogens with zero attached hydrogens (tertiary/aromatic N) is 2. The van der Waals surface area contributed by atoms with Crippen LogP contribution in [0.25, 0.3) is 0 Å². The van der Waals surface area contributed by atoms with Crippen LogP contribution < -0.4 is 5.73 Å². The van der Waals surface area contributed by atoms with Gasteiger partial charge in [0.25, 0.3) is 0 Å². The number of ether oxygens (including phenoxy) is 2. The second-order valence-corrected chi connectivity index (χ2v) is 3.95. The van der Waals surface area contributed by atoms with Gasteiger partial charge in [-0.15, -0.1) is 0 Å². The van der Waals surface area contributed by atoms with Gasteiger partial charge in [0.2, 0.25) is 0 Å². The molecule has 0 amide bonds. The molecule has 5 heteroatoms. The predicted octanol–water partition coefficient (Wildman–Crippen LogP) is 1.87. The van der Waals surface area contributed by atoms with Gasteiger partial charge in [-0.05, 0) is 12.8 Å². The fourth-order valence-corrected chi connectivity index (χ4v) is 1.89.